The lowest BCUT2D eigenvalue weighted by atomic mass is 9.81. The minimum Gasteiger partial charge on any atom is -0.387 e. The van der Waals surface area contributed by atoms with E-state index >= 15 is 0 Å². The highest BCUT2D eigenvalue weighted by Crippen LogP contribution is 2.54. The maximum Gasteiger partial charge on any atom is 0.118 e. The first-order valence-electron chi connectivity index (χ1n) is 9.37. The van der Waals surface area contributed by atoms with Crippen LogP contribution < -0.4 is 0 Å². The molecule has 5 aromatic rings. The Bertz CT molecular complexity index is 1400. The Hall–Kier alpha value is -2.72. The van der Waals surface area contributed by atoms with Crippen LogP contribution in [-0.4, -0.2) is 22.4 Å². The number of epoxide rings is 1. The van der Waals surface area contributed by atoms with Gasteiger partial charge in [-0.25, -0.2) is 0 Å². The predicted molar refractivity (Wildman–Crippen MR) is 106 cm³/mol. The molecule has 4 atom stereocenters. The van der Waals surface area contributed by atoms with E-state index in [1.165, 1.54) is 32.3 Å². The maximum atomic E-state index is 10.6. The fourth-order valence-electron chi connectivity index (χ4n) is 5.22. The number of rotatable bonds is 0. The molecule has 7 rings (SSSR count). The highest BCUT2D eigenvalue weighted by atomic mass is 16.6. The van der Waals surface area contributed by atoms with Crippen LogP contribution in [0, 0.1) is 0 Å². The first-order chi connectivity index (χ1) is 13.2. The molecule has 0 amide bonds. The molecule has 0 bridgehead atoms. The van der Waals surface area contributed by atoms with Gasteiger partial charge in [0.1, 0.15) is 24.4 Å². The summed E-state index contributed by atoms with van der Waals surface area (Å²) >= 11 is 0. The zero-order chi connectivity index (χ0) is 17.9. The molecule has 27 heavy (non-hydrogen) atoms. The van der Waals surface area contributed by atoms with Gasteiger partial charge in [0.05, 0.1) is 0 Å². The summed E-state index contributed by atoms with van der Waals surface area (Å²) < 4.78 is 5.74. The summed E-state index contributed by atoms with van der Waals surface area (Å²) in [7, 11) is 0. The van der Waals surface area contributed by atoms with Crippen LogP contribution >= 0.6 is 0 Å². The third-order valence-corrected chi connectivity index (χ3v) is 6.49. The molecule has 0 spiro atoms. The summed E-state index contributed by atoms with van der Waals surface area (Å²) in [5.74, 6) is 0. The molecule has 5 aromatic carbocycles. The lowest BCUT2D eigenvalue weighted by molar-refractivity contribution is 0.000163. The quantitative estimate of drug-likeness (QED) is 0.244. The van der Waals surface area contributed by atoms with Gasteiger partial charge in [-0.05, 0) is 66.3 Å². The molecule has 1 fully saturated rings. The molecule has 2 aliphatic rings. The summed E-state index contributed by atoms with van der Waals surface area (Å²) in [4.78, 5) is 0. The van der Waals surface area contributed by atoms with E-state index < -0.39 is 12.2 Å². The topological polar surface area (TPSA) is 53.0 Å². The maximum absolute atomic E-state index is 10.6. The second-order valence-electron chi connectivity index (χ2n) is 7.86. The average Bonchev–Trinajstić information content (AvgIpc) is 3.50. The van der Waals surface area contributed by atoms with Gasteiger partial charge >= 0.3 is 0 Å². The van der Waals surface area contributed by atoms with Crippen LogP contribution in [-0.2, 0) is 4.74 Å². The van der Waals surface area contributed by atoms with Crippen molar-refractivity contribution in [2.75, 3.05) is 0 Å². The van der Waals surface area contributed by atoms with Crippen LogP contribution in [0.3, 0.4) is 0 Å². The van der Waals surface area contributed by atoms with Crippen molar-refractivity contribution >= 4 is 43.1 Å². The molecule has 2 N–H and O–H groups in total. The van der Waals surface area contributed by atoms with Gasteiger partial charge in [-0.2, -0.15) is 0 Å². The van der Waals surface area contributed by atoms with Gasteiger partial charge in [-0.3, -0.25) is 0 Å². The number of fused-ring (bicyclic) bond motifs is 6. The second kappa shape index (κ2) is 4.57. The zero-order valence-corrected chi connectivity index (χ0v) is 14.4. The van der Waals surface area contributed by atoms with Gasteiger partial charge in [-0.15, -0.1) is 0 Å². The lowest BCUT2D eigenvalue weighted by Gasteiger charge is -2.26. The highest BCUT2D eigenvalue weighted by molar-refractivity contribution is 6.29. The molecule has 1 heterocycles. The summed E-state index contributed by atoms with van der Waals surface area (Å²) in [5.41, 5.74) is 1.85. The van der Waals surface area contributed by atoms with Crippen LogP contribution in [0.1, 0.15) is 23.3 Å². The van der Waals surface area contributed by atoms with E-state index in [4.69, 9.17) is 4.74 Å². The van der Waals surface area contributed by atoms with Crippen molar-refractivity contribution in [3.63, 3.8) is 0 Å². The number of hydrogen-bond donors (Lipinski definition) is 2. The standard InChI is InChI=1S/C24H16O3/c25-21-17-10-13-6-5-12-9-11-3-1-2-4-14(11)15-7-8-16(19(13)18(12)15)20(17)23-24(27-23)22(21)26/h1-10,21-26H/t21-,22+,23-,24+/m0/s1. The van der Waals surface area contributed by atoms with E-state index in [2.05, 4.69) is 54.6 Å². The van der Waals surface area contributed by atoms with Crippen molar-refractivity contribution in [3.05, 3.63) is 71.8 Å². The number of aliphatic hydroxyl groups excluding tert-OH is 2. The molecular weight excluding hydrogens is 336 g/mol. The largest absolute Gasteiger partial charge is 0.387 e. The van der Waals surface area contributed by atoms with Gasteiger partial charge in [-0.1, -0.05) is 48.5 Å². The number of ether oxygens (including phenoxy) is 1. The minimum absolute atomic E-state index is 0.111. The van der Waals surface area contributed by atoms with Crippen molar-refractivity contribution in [2.45, 2.75) is 24.4 Å². The molecule has 0 saturated carbocycles. The van der Waals surface area contributed by atoms with Crippen LogP contribution in [0.15, 0.2) is 60.7 Å². The third-order valence-electron chi connectivity index (χ3n) is 6.49. The van der Waals surface area contributed by atoms with E-state index in [1.54, 1.807) is 0 Å². The van der Waals surface area contributed by atoms with Crippen LogP contribution in [0.4, 0.5) is 0 Å². The average molecular weight is 352 g/mol. The normalized spacial score (nSPS) is 26.7. The van der Waals surface area contributed by atoms with Crippen LogP contribution in [0.2, 0.25) is 0 Å². The predicted octanol–water partition coefficient (Wildman–Crippen LogP) is 4.59. The zero-order valence-electron chi connectivity index (χ0n) is 14.4. The summed E-state index contributed by atoms with van der Waals surface area (Å²) in [6, 6.07) is 21.4. The Balaban J connectivity index is 1.72. The van der Waals surface area contributed by atoms with E-state index in [-0.39, 0.29) is 12.2 Å². The minimum atomic E-state index is -0.897. The van der Waals surface area contributed by atoms with Gasteiger partial charge in [0.25, 0.3) is 0 Å². The Morgan fingerprint density at radius 3 is 2.33 bits per heavy atom. The van der Waals surface area contributed by atoms with Crippen molar-refractivity contribution < 1.29 is 14.9 Å². The fourth-order valence-corrected chi connectivity index (χ4v) is 5.22. The Labute approximate surface area is 154 Å². The van der Waals surface area contributed by atoms with Crippen LogP contribution in [0.25, 0.3) is 43.1 Å². The van der Waals surface area contributed by atoms with Gasteiger partial charge in [0, 0.05) is 0 Å². The molecule has 1 aliphatic heterocycles. The molecule has 0 radical (unpaired) electrons. The molecule has 130 valence electrons. The Morgan fingerprint density at radius 1 is 0.704 bits per heavy atom. The SMILES string of the molecule is O[C@H]1[C@H]2O[C@H]2c2c(cc3ccc4cc5ccccc5c5ccc2c3c45)[C@@H]1O. The molecule has 0 aromatic heterocycles. The summed E-state index contributed by atoms with van der Waals surface area (Å²) in [6.07, 6.45) is -2.14. The number of benzene rings is 5. The van der Waals surface area contributed by atoms with Crippen LogP contribution in [0.5, 0.6) is 0 Å². The Morgan fingerprint density at radius 2 is 1.44 bits per heavy atom. The van der Waals surface area contributed by atoms with Gasteiger partial charge in [0.15, 0.2) is 0 Å². The highest BCUT2D eigenvalue weighted by Gasteiger charge is 2.54. The van der Waals surface area contributed by atoms with E-state index in [0.717, 1.165) is 21.9 Å². The molecule has 3 nitrogen and oxygen atoms in total. The fraction of sp³-hybridized carbons (Fsp3) is 0.167. The molecule has 0 unspecified atom stereocenters. The first kappa shape index (κ1) is 14.4. The molecule has 3 heteroatoms. The smallest absolute Gasteiger partial charge is 0.118 e. The summed E-state index contributed by atoms with van der Waals surface area (Å²) in [5, 5.41) is 30.6. The van der Waals surface area contributed by atoms with Crippen molar-refractivity contribution in [1.29, 1.82) is 0 Å². The summed E-state index contributed by atoms with van der Waals surface area (Å²) in [6.45, 7) is 0. The van der Waals surface area contributed by atoms with E-state index in [0.29, 0.717) is 0 Å². The monoisotopic (exact) mass is 352 g/mol. The lowest BCUT2D eigenvalue weighted by Crippen LogP contribution is -2.29. The van der Waals surface area contributed by atoms with Crippen molar-refractivity contribution in [3.8, 4) is 0 Å². The molecular formula is C24H16O3. The third kappa shape index (κ3) is 1.64. The molecule has 1 saturated heterocycles. The second-order valence-corrected chi connectivity index (χ2v) is 7.86. The first-order valence-corrected chi connectivity index (χ1v) is 9.37. The van der Waals surface area contributed by atoms with E-state index in [9.17, 15) is 10.2 Å². The van der Waals surface area contributed by atoms with Crippen molar-refractivity contribution in [2.24, 2.45) is 0 Å². The van der Waals surface area contributed by atoms with Gasteiger partial charge < -0.3 is 14.9 Å². The van der Waals surface area contributed by atoms with E-state index in [1.807, 2.05) is 6.07 Å². The number of hydrogen-bond acceptors (Lipinski definition) is 3. The Kier molecular flexibility index (Phi) is 2.43. The number of aliphatic hydroxyl groups is 2. The molecule has 1 aliphatic carbocycles. The van der Waals surface area contributed by atoms with Crippen molar-refractivity contribution in [1.82, 2.24) is 0 Å². The van der Waals surface area contributed by atoms with Gasteiger partial charge in [0.2, 0.25) is 0 Å².